The van der Waals surface area contributed by atoms with E-state index in [9.17, 15) is 4.79 Å². The zero-order valence-electron chi connectivity index (χ0n) is 10.3. The van der Waals surface area contributed by atoms with Gasteiger partial charge in [-0.3, -0.25) is 4.79 Å². The molecule has 1 aliphatic rings. The van der Waals surface area contributed by atoms with E-state index >= 15 is 0 Å². The van der Waals surface area contributed by atoms with Gasteiger partial charge < -0.3 is 10.6 Å². The fourth-order valence-corrected chi connectivity index (χ4v) is 3.29. The molecule has 2 rings (SSSR count). The molecule has 4 heteroatoms. The van der Waals surface area contributed by atoms with Gasteiger partial charge in [0.2, 0.25) is 5.91 Å². The molecule has 1 aromatic heterocycles. The fourth-order valence-electron chi connectivity index (χ4n) is 2.40. The summed E-state index contributed by atoms with van der Waals surface area (Å²) in [6.07, 6.45) is 3.91. The summed E-state index contributed by atoms with van der Waals surface area (Å²) in [4.78, 5) is 16.6. The monoisotopic (exact) mass is 252 g/mol. The van der Waals surface area contributed by atoms with Crippen molar-refractivity contribution < 1.29 is 4.79 Å². The highest BCUT2D eigenvalue weighted by atomic mass is 32.1. The molecule has 94 valence electrons. The van der Waals surface area contributed by atoms with Gasteiger partial charge in [-0.05, 0) is 38.3 Å². The van der Waals surface area contributed by atoms with E-state index in [1.165, 1.54) is 11.3 Å². The lowest BCUT2D eigenvalue weighted by atomic mass is 10.0. The maximum atomic E-state index is 12.2. The van der Waals surface area contributed by atoms with Crippen LogP contribution in [0, 0.1) is 6.92 Å². The summed E-state index contributed by atoms with van der Waals surface area (Å²) < 4.78 is 0. The van der Waals surface area contributed by atoms with Crippen LogP contribution in [0.5, 0.6) is 0 Å². The van der Waals surface area contributed by atoms with Crippen LogP contribution >= 0.6 is 11.3 Å². The Morgan fingerprint density at radius 2 is 2.35 bits per heavy atom. The number of likely N-dealkylation sites (tertiary alicyclic amines) is 1. The lowest BCUT2D eigenvalue weighted by Gasteiger charge is -2.35. The van der Waals surface area contributed by atoms with E-state index in [0.717, 1.165) is 24.3 Å². The van der Waals surface area contributed by atoms with Crippen molar-refractivity contribution in [3.05, 3.63) is 21.9 Å². The second-order valence-corrected chi connectivity index (χ2v) is 6.03. The van der Waals surface area contributed by atoms with Crippen molar-refractivity contribution in [2.75, 3.05) is 13.1 Å². The highest BCUT2D eigenvalue weighted by molar-refractivity contribution is 7.12. The Hall–Kier alpha value is -0.870. The maximum Gasteiger partial charge on any atom is 0.228 e. The molecular weight excluding hydrogens is 232 g/mol. The topological polar surface area (TPSA) is 46.3 Å². The number of aryl methyl sites for hydroxylation is 1. The Bertz CT molecular complexity index is 389. The van der Waals surface area contributed by atoms with Gasteiger partial charge >= 0.3 is 0 Å². The first kappa shape index (κ1) is 12.6. The Morgan fingerprint density at radius 1 is 1.53 bits per heavy atom. The minimum absolute atomic E-state index is 0.238. The zero-order valence-corrected chi connectivity index (χ0v) is 11.1. The first-order valence-corrected chi connectivity index (χ1v) is 7.07. The Balaban J connectivity index is 1.98. The molecule has 0 saturated carbocycles. The van der Waals surface area contributed by atoms with E-state index in [-0.39, 0.29) is 11.9 Å². The summed E-state index contributed by atoms with van der Waals surface area (Å²) in [5, 5.41) is 0. The third-order valence-corrected chi connectivity index (χ3v) is 4.34. The molecule has 0 aromatic carbocycles. The number of carbonyl (C=O) groups is 1. The smallest absolute Gasteiger partial charge is 0.228 e. The quantitative estimate of drug-likeness (QED) is 0.893. The van der Waals surface area contributed by atoms with Crippen LogP contribution in [0.4, 0.5) is 0 Å². The molecule has 1 unspecified atom stereocenters. The van der Waals surface area contributed by atoms with E-state index in [1.807, 2.05) is 4.90 Å². The third kappa shape index (κ3) is 3.07. The molecule has 2 N–H and O–H groups in total. The van der Waals surface area contributed by atoms with Crippen LogP contribution in [0.25, 0.3) is 0 Å². The molecule has 17 heavy (non-hydrogen) atoms. The summed E-state index contributed by atoms with van der Waals surface area (Å²) in [5.41, 5.74) is 5.74. The van der Waals surface area contributed by atoms with Crippen molar-refractivity contribution in [2.24, 2.45) is 5.73 Å². The summed E-state index contributed by atoms with van der Waals surface area (Å²) >= 11 is 1.71. The average Bonchev–Trinajstić information content (AvgIpc) is 2.74. The fraction of sp³-hybridized carbons (Fsp3) is 0.615. The Labute approximate surface area is 107 Å². The van der Waals surface area contributed by atoms with Crippen molar-refractivity contribution in [2.45, 2.75) is 38.6 Å². The molecule has 0 aliphatic carbocycles. The summed E-state index contributed by atoms with van der Waals surface area (Å²) in [5.74, 6) is 0.238. The average molecular weight is 252 g/mol. The van der Waals surface area contributed by atoms with Crippen LogP contribution in [0.3, 0.4) is 0 Å². The molecule has 1 aliphatic heterocycles. The number of hydrogen-bond donors (Lipinski definition) is 1. The SMILES string of the molecule is Cc1ccc(CC(=O)N2CCCCC2CN)s1. The predicted octanol–water partition coefficient (Wildman–Crippen LogP) is 1.94. The number of nitrogens with zero attached hydrogens (tertiary/aromatic N) is 1. The number of piperidine rings is 1. The molecular formula is C13H20N2OS. The van der Waals surface area contributed by atoms with Gasteiger partial charge in [-0.2, -0.15) is 0 Å². The van der Waals surface area contributed by atoms with Gasteiger partial charge in [0.25, 0.3) is 0 Å². The first-order chi connectivity index (χ1) is 8.20. The van der Waals surface area contributed by atoms with Crippen molar-refractivity contribution in [1.82, 2.24) is 4.90 Å². The molecule has 1 aromatic rings. The number of rotatable bonds is 3. The largest absolute Gasteiger partial charge is 0.338 e. The van der Waals surface area contributed by atoms with Crippen LogP contribution in [0.15, 0.2) is 12.1 Å². The molecule has 1 amide bonds. The second kappa shape index (κ2) is 5.65. The summed E-state index contributed by atoms with van der Waals surface area (Å²) in [6.45, 7) is 3.54. The van der Waals surface area contributed by atoms with Gasteiger partial charge in [0.1, 0.15) is 0 Å². The number of hydrogen-bond acceptors (Lipinski definition) is 3. The third-order valence-electron chi connectivity index (χ3n) is 3.34. The Morgan fingerprint density at radius 3 is 3.00 bits per heavy atom. The highest BCUT2D eigenvalue weighted by Crippen LogP contribution is 2.20. The standard InChI is InChI=1S/C13H20N2OS/c1-10-5-6-12(17-10)8-13(16)15-7-3-2-4-11(15)9-14/h5-6,11H,2-4,7-9,14H2,1H3. The van der Waals surface area contributed by atoms with Crippen LogP contribution < -0.4 is 5.73 Å². The Kier molecular flexibility index (Phi) is 4.18. The van der Waals surface area contributed by atoms with E-state index in [1.54, 1.807) is 11.3 Å². The van der Waals surface area contributed by atoms with E-state index < -0.39 is 0 Å². The van der Waals surface area contributed by atoms with Crippen molar-refractivity contribution in [1.29, 1.82) is 0 Å². The van der Waals surface area contributed by atoms with Crippen LogP contribution in [0.2, 0.25) is 0 Å². The minimum atomic E-state index is 0.238. The predicted molar refractivity (Wildman–Crippen MR) is 71.2 cm³/mol. The lowest BCUT2D eigenvalue weighted by Crippen LogP contribution is -2.47. The van der Waals surface area contributed by atoms with Crippen molar-refractivity contribution >= 4 is 17.2 Å². The van der Waals surface area contributed by atoms with E-state index in [4.69, 9.17) is 5.73 Å². The maximum absolute atomic E-state index is 12.2. The molecule has 0 spiro atoms. The number of carbonyl (C=O) groups excluding carboxylic acids is 1. The van der Waals surface area contributed by atoms with Gasteiger partial charge in [0.15, 0.2) is 0 Å². The minimum Gasteiger partial charge on any atom is -0.338 e. The van der Waals surface area contributed by atoms with Crippen LogP contribution in [0.1, 0.15) is 29.0 Å². The van der Waals surface area contributed by atoms with Gasteiger partial charge in [0, 0.05) is 28.9 Å². The highest BCUT2D eigenvalue weighted by Gasteiger charge is 2.25. The second-order valence-electron chi connectivity index (χ2n) is 4.66. The molecule has 2 heterocycles. The molecule has 1 atom stereocenters. The molecule has 0 radical (unpaired) electrons. The number of nitrogens with two attached hydrogens (primary N) is 1. The van der Waals surface area contributed by atoms with Crippen LogP contribution in [-0.4, -0.2) is 29.9 Å². The van der Waals surface area contributed by atoms with Crippen molar-refractivity contribution in [3.8, 4) is 0 Å². The van der Waals surface area contributed by atoms with Crippen LogP contribution in [-0.2, 0) is 11.2 Å². The first-order valence-electron chi connectivity index (χ1n) is 6.25. The number of thiophene rings is 1. The lowest BCUT2D eigenvalue weighted by molar-refractivity contribution is -0.133. The zero-order chi connectivity index (χ0) is 12.3. The van der Waals surface area contributed by atoms with Gasteiger partial charge in [-0.1, -0.05) is 0 Å². The molecule has 1 saturated heterocycles. The van der Waals surface area contributed by atoms with Gasteiger partial charge in [0.05, 0.1) is 6.42 Å². The molecule has 0 bridgehead atoms. The molecule has 3 nitrogen and oxygen atoms in total. The van der Waals surface area contributed by atoms with Gasteiger partial charge in [-0.25, -0.2) is 0 Å². The van der Waals surface area contributed by atoms with E-state index in [0.29, 0.717) is 13.0 Å². The summed E-state index contributed by atoms with van der Waals surface area (Å²) in [7, 11) is 0. The van der Waals surface area contributed by atoms with Gasteiger partial charge in [-0.15, -0.1) is 11.3 Å². The number of amides is 1. The summed E-state index contributed by atoms with van der Waals surface area (Å²) in [6, 6.07) is 4.39. The van der Waals surface area contributed by atoms with E-state index in [2.05, 4.69) is 19.1 Å². The van der Waals surface area contributed by atoms with Crippen molar-refractivity contribution in [3.63, 3.8) is 0 Å². The normalized spacial score (nSPS) is 20.6. The molecule has 1 fully saturated rings.